The number of carbonyl (C=O) groups is 1. The molecule has 5 heteroatoms. The standard InChI is InChI=1S/C15H23N3OS/c1-10(2)12-7-11(8-13(16)18-12)14(19)17-9-15(20-3)5-4-6-15/h7-8,10H,4-6,9H2,1-3H3,(H2,16,18)(H,17,19). The van der Waals surface area contributed by atoms with Gasteiger partial charge in [-0.1, -0.05) is 20.3 Å². The van der Waals surface area contributed by atoms with Gasteiger partial charge < -0.3 is 11.1 Å². The molecule has 1 fully saturated rings. The van der Waals surface area contributed by atoms with E-state index >= 15 is 0 Å². The lowest BCUT2D eigenvalue weighted by atomic mass is 9.84. The summed E-state index contributed by atoms with van der Waals surface area (Å²) in [5.41, 5.74) is 7.25. The zero-order valence-corrected chi connectivity index (χ0v) is 13.2. The van der Waals surface area contributed by atoms with Gasteiger partial charge in [0, 0.05) is 22.5 Å². The Balaban J connectivity index is 2.05. The lowest BCUT2D eigenvalue weighted by molar-refractivity contribution is 0.0943. The van der Waals surface area contributed by atoms with Crippen molar-refractivity contribution in [2.45, 2.75) is 43.8 Å². The summed E-state index contributed by atoms with van der Waals surface area (Å²) < 4.78 is 0.245. The van der Waals surface area contributed by atoms with Gasteiger partial charge in [0.1, 0.15) is 5.82 Å². The van der Waals surface area contributed by atoms with Gasteiger partial charge in [0.15, 0.2) is 0 Å². The average molecular weight is 293 g/mol. The van der Waals surface area contributed by atoms with Crippen LogP contribution in [-0.2, 0) is 0 Å². The molecule has 2 rings (SSSR count). The molecule has 0 saturated heterocycles. The van der Waals surface area contributed by atoms with Crippen molar-refractivity contribution in [1.29, 1.82) is 0 Å². The first-order valence-electron chi connectivity index (χ1n) is 7.06. The Morgan fingerprint density at radius 1 is 1.50 bits per heavy atom. The SMILES string of the molecule is CSC1(CNC(=O)c2cc(N)nc(C(C)C)c2)CCC1. The van der Waals surface area contributed by atoms with Crippen molar-refractivity contribution in [3.05, 3.63) is 23.4 Å². The topological polar surface area (TPSA) is 68.0 Å². The maximum Gasteiger partial charge on any atom is 0.251 e. The van der Waals surface area contributed by atoms with Crippen molar-refractivity contribution in [2.75, 3.05) is 18.5 Å². The third-order valence-electron chi connectivity index (χ3n) is 3.99. The molecule has 0 aliphatic heterocycles. The minimum absolute atomic E-state index is 0.0543. The number of anilines is 1. The smallest absolute Gasteiger partial charge is 0.251 e. The molecule has 1 aromatic heterocycles. The molecule has 1 aliphatic rings. The van der Waals surface area contributed by atoms with Crippen molar-refractivity contribution in [3.8, 4) is 0 Å². The number of nitrogens with one attached hydrogen (secondary N) is 1. The van der Waals surface area contributed by atoms with E-state index in [0.717, 1.165) is 12.2 Å². The molecule has 0 bridgehead atoms. The Kier molecular flexibility index (Phi) is 4.58. The van der Waals surface area contributed by atoms with Crippen molar-refractivity contribution in [3.63, 3.8) is 0 Å². The molecule has 4 nitrogen and oxygen atoms in total. The molecule has 0 unspecified atom stereocenters. The molecule has 1 saturated carbocycles. The zero-order chi connectivity index (χ0) is 14.8. The minimum Gasteiger partial charge on any atom is -0.384 e. The number of hydrogen-bond acceptors (Lipinski definition) is 4. The molecule has 20 heavy (non-hydrogen) atoms. The fourth-order valence-electron chi connectivity index (χ4n) is 2.37. The number of amides is 1. The number of rotatable bonds is 5. The van der Waals surface area contributed by atoms with Crippen LogP contribution in [0.1, 0.15) is 55.1 Å². The molecule has 1 heterocycles. The summed E-state index contributed by atoms with van der Waals surface area (Å²) in [6, 6.07) is 3.48. The molecule has 0 aromatic carbocycles. The van der Waals surface area contributed by atoms with Crippen molar-refractivity contribution in [1.82, 2.24) is 10.3 Å². The third-order valence-corrected chi connectivity index (χ3v) is 5.41. The van der Waals surface area contributed by atoms with E-state index in [-0.39, 0.29) is 16.6 Å². The van der Waals surface area contributed by atoms with Crippen LogP contribution in [0.15, 0.2) is 12.1 Å². The number of carbonyl (C=O) groups excluding carboxylic acids is 1. The monoisotopic (exact) mass is 293 g/mol. The maximum absolute atomic E-state index is 12.3. The highest BCUT2D eigenvalue weighted by atomic mass is 32.2. The lowest BCUT2D eigenvalue weighted by Gasteiger charge is -2.40. The molecule has 110 valence electrons. The molecule has 1 aromatic rings. The summed E-state index contributed by atoms with van der Waals surface area (Å²) in [6.07, 6.45) is 5.75. The summed E-state index contributed by atoms with van der Waals surface area (Å²) in [7, 11) is 0. The quantitative estimate of drug-likeness (QED) is 0.876. The van der Waals surface area contributed by atoms with Gasteiger partial charge in [0.05, 0.1) is 0 Å². The van der Waals surface area contributed by atoms with E-state index in [1.165, 1.54) is 19.3 Å². The van der Waals surface area contributed by atoms with E-state index in [2.05, 4.69) is 16.6 Å². The fourth-order valence-corrected chi connectivity index (χ4v) is 3.28. The molecule has 1 amide bonds. The van der Waals surface area contributed by atoms with Gasteiger partial charge in [-0.05, 0) is 37.1 Å². The van der Waals surface area contributed by atoms with Crippen LogP contribution in [0.4, 0.5) is 5.82 Å². The largest absolute Gasteiger partial charge is 0.384 e. The summed E-state index contributed by atoms with van der Waals surface area (Å²) in [6.45, 7) is 4.81. The van der Waals surface area contributed by atoms with E-state index in [0.29, 0.717) is 11.4 Å². The van der Waals surface area contributed by atoms with Crippen LogP contribution < -0.4 is 11.1 Å². The second-order valence-electron chi connectivity index (χ2n) is 5.78. The fraction of sp³-hybridized carbons (Fsp3) is 0.600. The highest BCUT2D eigenvalue weighted by Gasteiger charge is 2.36. The molecular weight excluding hydrogens is 270 g/mol. The van der Waals surface area contributed by atoms with Crippen LogP contribution >= 0.6 is 11.8 Å². The Labute approximate surface area is 124 Å². The van der Waals surface area contributed by atoms with Gasteiger partial charge in [-0.25, -0.2) is 4.98 Å². The van der Waals surface area contributed by atoms with Crippen LogP contribution in [0.3, 0.4) is 0 Å². The molecule has 0 spiro atoms. The lowest BCUT2D eigenvalue weighted by Crippen LogP contribution is -2.45. The first-order valence-corrected chi connectivity index (χ1v) is 8.29. The van der Waals surface area contributed by atoms with Gasteiger partial charge in [0.25, 0.3) is 5.91 Å². The molecule has 0 atom stereocenters. The van der Waals surface area contributed by atoms with Gasteiger partial charge in [0.2, 0.25) is 0 Å². The Bertz CT molecular complexity index is 492. The van der Waals surface area contributed by atoms with Crippen molar-refractivity contribution in [2.24, 2.45) is 0 Å². The van der Waals surface area contributed by atoms with E-state index in [1.807, 2.05) is 31.7 Å². The number of nitrogen functional groups attached to an aromatic ring is 1. The number of thioether (sulfide) groups is 1. The highest BCUT2D eigenvalue weighted by molar-refractivity contribution is 8.00. The molecule has 1 aliphatic carbocycles. The van der Waals surface area contributed by atoms with Gasteiger partial charge in [-0.2, -0.15) is 11.8 Å². The average Bonchev–Trinajstić information content (AvgIpc) is 2.37. The van der Waals surface area contributed by atoms with Crippen LogP contribution in [0, 0.1) is 0 Å². The van der Waals surface area contributed by atoms with Crippen LogP contribution in [0.5, 0.6) is 0 Å². The highest BCUT2D eigenvalue weighted by Crippen LogP contribution is 2.42. The molecule has 3 N–H and O–H groups in total. The number of nitrogens with two attached hydrogens (primary N) is 1. The van der Waals surface area contributed by atoms with E-state index in [1.54, 1.807) is 6.07 Å². The Morgan fingerprint density at radius 3 is 2.70 bits per heavy atom. The normalized spacial score (nSPS) is 16.8. The van der Waals surface area contributed by atoms with Crippen molar-refractivity contribution < 1.29 is 4.79 Å². The first-order chi connectivity index (χ1) is 9.46. The summed E-state index contributed by atoms with van der Waals surface area (Å²) in [5.74, 6) is 0.611. The van der Waals surface area contributed by atoms with Crippen molar-refractivity contribution >= 4 is 23.5 Å². The summed E-state index contributed by atoms with van der Waals surface area (Å²) in [5, 5.41) is 3.04. The number of hydrogen-bond donors (Lipinski definition) is 2. The minimum atomic E-state index is -0.0543. The summed E-state index contributed by atoms with van der Waals surface area (Å²) >= 11 is 1.86. The van der Waals surface area contributed by atoms with Crippen LogP contribution in [0.2, 0.25) is 0 Å². The number of nitrogens with zero attached hydrogens (tertiary/aromatic N) is 1. The Hall–Kier alpha value is -1.23. The first kappa shape index (κ1) is 15.2. The van der Waals surface area contributed by atoms with Gasteiger partial charge in [-0.15, -0.1) is 0 Å². The maximum atomic E-state index is 12.3. The van der Waals surface area contributed by atoms with Crippen LogP contribution in [-0.4, -0.2) is 28.4 Å². The van der Waals surface area contributed by atoms with E-state index in [4.69, 9.17) is 5.73 Å². The predicted octanol–water partition coefficient (Wildman–Crippen LogP) is 2.80. The third kappa shape index (κ3) is 3.26. The second kappa shape index (κ2) is 6.04. The molecule has 0 radical (unpaired) electrons. The zero-order valence-electron chi connectivity index (χ0n) is 12.4. The van der Waals surface area contributed by atoms with Gasteiger partial charge in [-0.3, -0.25) is 4.79 Å². The predicted molar refractivity (Wildman–Crippen MR) is 85.2 cm³/mol. The van der Waals surface area contributed by atoms with Gasteiger partial charge >= 0.3 is 0 Å². The van der Waals surface area contributed by atoms with Crippen LogP contribution in [0.25, 0.3) is 0 Å². The van der Waals surface area contributed by atoms with E-state index in [9.17, 15) is 4.79 Å². The van der Waals surface area contributed by atoms with E-state index < -0.39 is 0 Å². The number of pyridine rings is 1. The number of aromatic nitrogens is 1. The summed E-state index contributed by atoms with van der Waals surface area (Å²) in [4.78, 5) is 16.5. The Morgan fingerprint density at radius 2 is 2.20 bits per heavy atom. The molecular formula is C15H23N3OS. The second-order valence-corrected chi connectivity index (χ2v) is 7.06.